The molecule has 3 aromatic rings. The van der Waals surface area contributed by atoms with E-state index in [0.29, 0.717) is 18.2 Å². The number of aromatic nitrogens is 7. The molecule has 3 aromatic heterocycles. The van der Waals surface area contributed by atoms with E-state index in [0.717, 1.165) is 31.6 Å². The molecule has 142 valence electrons. The summed E-state index contributed by atoms with van der Waals surface area (Å²) in [6.45, 7) is 8.53. The Bertz CT molecular complexity index is 921. The Hall–Kier alpha value is -2.84. The third-order valence-electron chi connectivity index (χ3n) is 4.87. The Labute approximate surface area is 157 Å². The minimum absolute atomic E-state index is 0.0182. The summed E-state index contributed by atoms with van der Waals surface area (Å²) in [4.78, 5) is 23.0. The van der Waals surface area contributed by atoms with Gasteiger partial charge in [-0.25, -0.2) is 9.50 Å². The smallest absolute Gasteiger partial charge is 0.293 e. The third kappa shape index (κ3) is 3.67. The first-order chi connectivity index (χ1) is 12.9. The zero-order valence-corrected chi connectivity index (χ0v) is 15.9. The van der Waals surface area contributed by atoms with Gasteiger partial charge in [-0.3, -0.25) is 9.48 Å². The summed E-state index contributed by atoms with van der Waals surface area (Å²) in [5, 5.41) is 12.8. The quantitative estimate of drug-likeness (QED) is 0.696. The van der Waals surface area contributed by atoms with Crippen LogP contribution in [0.15, 0.2) is 24.7 Å². The van der Waals surface area contributed by atoms with E-state index in [-0.39, 0.29) is 17.1 Å². The number of fused-ring (bicyclic) bond motifs is 1. The maximum atomic E-state index is 12.8. The molecule has 0 spiro atoms. The fourth-order valence-electron chi connectivity index (χ4n) is 3.36. The van der Waals surface area contributed by atoms with Gasteiger partial charge in [0.1, 0.15) is 0 Å². The van der Waals surface area contributed by atoms with Crippen LogP contribution in [0.3, 0.4) is 0 Å². The standard InChI is InChI=1S/C18H24N8O/c1-18(2,3)14-12-25(23-21-14)11-13-6-4-8-24(10-13)16(27)15-20-17-19-7-5-9-26(17)22-15/h5,7,9,12-13H,4,6,8,10-11H2,1-3H3. The summed E-state index contributed by atoms with van der Waals surface area (Å²) in [5.41, 5.74) is 0.961. The summed E-state index contributed by atoms with van der Waals surface area (Å²) in [6, 6.07) is 1.76. The molecule has 9 heteroatoms. The Kier molecular flexibility index (Phi) is 4.37. The molecule has 0 N–H and O–H groups in total. The molecule has 1 fully saturated rings. The zero-order chi connectivity index (χ0) is 19.0. The Morgan fingerprint density at radius 3 is 2.93 bits per heavy atom. The molecule has 0 radical (unpaired) electrons. The van der Waals surface area contributed by atoms with Crippen LogP contribution in [0.4, 0.5) is 0 Å². The number of rotatable bonds is 3. The molecular formula is C18H24N8O. The molecular weight excluding hydrogens is 344 g/mol. The molecule has 4 rings (SSSR count). The number of nitrogens with zero attached hydrogens (tertiary/aromatic N) is 8. The average molecular weight is 368 g/mol. The highest BCUT2D eigenvalue weighted by atomic mass is 16.2. The van der Waals surface area contributed by atoms with E-state index >= 15 is 0 Å². The van der Waals surface area contributed by atoms with E-state index in [2.05, 4.69) is 46.1 Å². The molecule has 1 amide bonds. The lowest BCUT2D eigenvalue weighted by atomic mass is 9.93. The molecule has 0 saturated carbocycles. The van der Waals surface area contributed by atoms with Crippen molar-refractivity contribution in [2.45, 2.75) is 45.6 Å². The lowest BCUT2D eigenvalue weighted by Crippen LogP contribution is -2.41. The number of carbonyl (C=O) groups is 1. The highest BCUT2D eigenvalue weighted by Gasteiger charge is 2.28. The van der Waals surface area contributed by atoms with Crippen LogP contribution in [0.1, 0.15) is 49.9 Å². The Balaban J connectivity index is 1.44. The minimum Gasteiger partial charge on any atom is -0.336 e. The van der Waals surface area contributed by atoms with Crippen molar-refractivity contribution in [2.75, 3.05) is 13.1 Å². The van der Waals surface area contributed by atoms with Gasteiger partial charge >= 0.3 is 0 Å². The average Bonchev–Trinajstić information content (AvgIpc) is 3.27. The van der Waals surface area contributed by atoms with Crippen molar-refractivity contribution >= 4 is 11.7 Å². The molecule has 4 heterocycles. The largest absolute Gasteiger partial charge is 0.336 e. The highest BCUT2D eigenvalue weighted by molar-refractivity contribution is 5.90. The summed E-state index contributed by atoms with van der Waals surface area (Å²) >= 11 is 0. The van der Waals surface area contributed by atoms with Crippen molar-refractivity contribution in [3.05, 3.63) is 36.2 Å². The van der Waals surface area contributed by atoms with Crippen molar-refractivity contribution in [1.29, 1.82) is 0 Å². The molecule has 9 nitrogen and oxygen atoms in total. The number of hydrogen-bond acceptors (Lipinski definition) is 6. The van der Waals surface area contributed by atoms with Gasteiger partial charge in [-0.1, -0.05) is 26.0 Å². The van der Waals surface area contributed by atoms with Gasteiger partial charge in [-0.05, 0) is 24.8 Å². The molecule has 1 saturated heterocycles. The fourth-order valence-corrected chi connectivity index (χ4v) is 3.36. The van der Waals surface area contributed by atoms with Gasteiger partial charge in [0.25, 0.3) is 11.7 Å². The van der Waals surface area contributed by atoms with E-state index in [9.17, 15) is 4.79 Å². The van der Waals surface area contributed by atoms with Crippen LogP contribution in [0.25, 0.3) is 5.78 Å². The fraction of sp³-hybridized carbons (Fsp3) is 0.556. The predicted octanol–water partition coefficient (Wildman–Crippen LogP) is 1.57. The minimum atomic E-state index is -0.140. The summed E-state index contributed by atoms with van der Waals surface area (Å²) in [6.07, 6.45) is 7.41. The van der Waals surface area contributed by atoms with Crippen LogP contribution in [-0.2, 0) is 12.0 Å². The Morgan fingerprint density at radius 2 is 2.19 bits per heavy atom. The number of piperidine rings is 1. The van der Waals surface area contributed by atoms with Gasteiger partial charge in [0.2, 0.25) is 5.82 Å². The van der Waals surface area contributed by atoms with Crippen LogP contribution in [0.2, 0.25) is 0 Å². The molecule has 1 aliphatic heterocycles. The normalized spacial score (nSPS) is 18.2. The van der Waals surface area contributed by atoms with Crippen LogP contribution in [0, 0.1) is 5.92 Å². The molecule has 0 bridgehead atoms. The monoisotopic (exact) mass is 368 g/mol. The van der Waals surface area contributed by atoms with Gasteiger partial charge in [0.05, 0.1) is 5.69 Å². The second-order valence-corrected chi connectivity index (χ2v) is 8.13. The van der Waals surface area contributed by atoms with Crippen LogP contribution < -0.4 is 0 Å². The van der Waals surface area contributed by atoms with E-state index < -0.39 is 0 Å². The topological polar surface area (TPSA) is 94.1 Å². The van der Waals surface area contributed by atoms with E-state index in [4.69, 9.17) is 0 Å². The summed E-state index contributed by atoms with van der Waals surface area (Å²) in [7, 11) is 0. The second kappa shape index (κ2) is 6.71. The van der Waals surface area contributed by atoms with E-state index in [1.807, 2.05) is 15.8 Å². The predicted molar refractivity (Wildman–Crippen MR) is 98.1 cm³/mol. The molecule has 1 atom stereocenters. The molecule has 1 unspecified atom stereocenters. The Morgan fingerprint density at radius 1 is 1.33 bits per heavy atom. The molecule has 0 aromatic carbocycles. The first-order valence-electron chi connectivity index (χ1n) is 9.27. The van der Waals surface area contributed by atoms with Crippen molar-refractivity contribution in [3.8, 4) is 0 Å². The van der Waals surface area contributed by atoms with E-state index in [1.54, 1.807) is 18.5 Å². The summed E-state index contributed by atoms with van der Waals surface area (Å²) < 4.78 is 3.42. The van der Waals surface area contributed by atoms with Gasteiger partial charge in [-0.15, -0.1) is 10.2 Å². The van der Waals surface area contributed by atoms with Crippen molar-refractivity contribution in [3.63, 3.8) is 0 Å². The van der Waals surface area contributed by atoms with Crippen LogP contribution in [-0.4, -0.2) is 58.5 Å². The van der Waals surface area contributed by atoms with Crippen molar-refractivity contribution in [1.82, 2.24) is 39.5 Å². The molecule has 0 aliphatic carbocycles. The molecule has 27 heavy (non-hydrogen) atoms. The van der Waals surface area contributed by atoms with Gasteiger partial charge in [-0.2, -0.15) is 4.98 Å². The first-order valence-corrected chi connectivity index (χ1v) is 9.27. The highest BCUT2D eigenvalue weighted by Crippen LogP contribution is 2.22. The second-order valence-electron chi connectivity index (χ2n) is 8.13. The SMILES string of the molecule is CC(C)(C)c1cn(CC2CCCN(C(=O)c3nc4ncccn4n3)C2)nn1. The van der Waals surface area contributed by atoms with Crippen LogP contribution in [0.5, 0.6) is 0 Å². The van der Waals surface area contributed by atoms with Crippen LogP contribution >= 0.6 is 0 Å². The maximum Gasteiger partial charge on any atom is 0.293 e. The molecule has 1 aliphatic rings. The summed E-state index contributed by atoms with van der Waals surface area (Å²) in [5.74, 6) is 0.836. The van der Waals surface area contributed by atoms with Crippen molar-refractivity contribution in [2.24, 2.45) is 5.92 Å². The number of hydrogen-bond donors (Lipinski definition) is 0. The third-order valence-corrected chi connectivity index (χ3v) is 4.87. The lowest BCUT2D eigenvalue weighted by Gasteiger charge is -2.31. The van der Waals surface area contributed by atoms with Gasteiger partial charge in [0, 0.05) is 43.6 Å². The number of amides is 1. The van der Waals surface area contributed by atoms with Gasteiger partial charge < -0.3 is 4.90 Å². The lowest BCUT2D eigenvalue weighted by molar-refractivity contribution is 0.0647. The first kappa shape index (κ1) is 17.6. The van der Waals surface area contributed by atoms with Gasteiger partial charge in [0.15, 0.2) is 0 Å². The zero-order valence-electron chi connectivity index (χ0n) is 15.9. The maximum absolute atomic E-state index is 12.8. The van der Waals surface area contributed by atoms with E-state index in [1.165, 1.54) is 4.52 Å². The van der Waals surface area contributed by atoms with Crippen molar-refractivity contribution < 1.29 is 4.79 Å². The number of carbonyl (C=O) groups excluding carboxylic acids is 1. The number of likely N-dealkylation sites (tertiary alicyclic amines) is 1.